The lowest BCUT2D eigenvalue weighted by Gasteiger charge is -2.13. The third-order valence-corrected chi connectivity index (χ3v) is 4.18. The van der Waals surface area contributed by atoms with E-state index in [0.717, 1.165) is 12.1 Å². The fourth-order valence-corrected chi connectivity index (χ4v) is 2.79. The lowest BCUT2D eigenvalue weighted by atomic mass is 10.1. The number of aromatic nitrogens is 4. The van der Waals surface area contributed by atoms with Gasteiger partial charge in [0, 0.05) is 15.7 Å². The molecule has 3 N–H and O–H groups in total. The van der Waals surface area contributed by atoms with Gasteiger partial charge in [0.1, 0.15) is 0 Å². The summed E-state index contributed by atoms with van der Waals surface area (Å²) in [5.74, 6) is 0.303. The summed E-state index contributed by atoms with van der Waals surface area (Å²) in [6.45, 7) is 0. The van der Waals surface area contributed by atoms with Crippen LogP contribution in [0.2, 0.25) is 5.02 Å². The lowest BCUT2D eigenvalue weighted by Crippen LogP contribution is -2.20. The molecular weight excluding hydrogens is 453 g/mol. The van der Waals surface area contributed by atoms with Crippen molar-refractivity contribution < 1.29 is 18.0 Å². The molecule has 1 aromatic heterocycles. The smallest absolute Gasteiger partial charge is 0.308 e. The molecular formula is C15H9BrClF3N6O. The monoisotopic (exact) mass is 460 g/mol. The molecule has 0 bridgehead atoms. The van der Waals surface area contributed by atoms with Crippen LogP contribution in [0.15, 0.2) is 40.9 Å². The van der Waals surface area contributed by atoms with E-state index in [0.29, 0.717) is 21.5 Å². The van der Waals surface area contributed by atoms with Gasteiger partial charge in [-0.3, -0.25) is 0 Å². The number of urea groups is 1. The first kappa shape index (κ1) is 19.1. The lowest BCUT2D eigenvalue weighted by molar-refractivity contribution is -0.137. The number of aromatic amines is 1. The number of tetrazole rings is 1. The molecule has 140 valence electrons. The molecule has 2 amide bonds. The quantitative estimate of drug-likeness (QED) is 0.514. The Hall–Kier alpha value is -2.66. The molecule has 3 aromatic rings. The van der Waals surface area contributed by atoms with E-state index in [1.807, 2.05) is 0 Å². The number of halogens is 5. The fraction of sp³-hybridized carbons (Fsp3) is 0.0667. The van der Waals surface area contributed by atoms with E-state index in [9.17, 15) is 18.0 Å². The number of anilines is 2. The van der Waals surface area contributed by atoms with Crippen LogP contribution in [0.25, 0.3) is 11.4 Å². The van der Waals surface area contributed by atoms with Crippen LogP contribution in [-0.2, 0) is 6.18 Å². The number of carbonyl (C=O) groups excluding carboxylic acids is 1. The minimum atomic E-state index is -4.64. The van der Waals surface area contributed by atoms with Crippen molar-refractivity contribution in [3.8, 4) is 11.4 Å². The Balaban J connectivity index is 1.82. The molecule has 0 spiro atoms. The van der Waals surface area contributed by atoms with Crippen molar-refractivity contribution >= 4 is 44.9 Å². The highest BCUT2D eigenvalue weighted by atomic mass is 79.9. The molecule has 0 saturated heterocycles. The largest absolute Gasteiger partial charge is 0.417 e. The molecule has 2 aromatic carbocycles. The van der Waals surface area contributed by atoms with Crippen LogP contribution in [0.5, 0.6) is 0 Å². The molecule has 12 heteroatoms. The summed E-state index contributed by atoms with van der Waals surface area (Å²) in [5.41, 5.74) is -0.279. The van der Waals surface area contributed by atoms with Gasteiger partial charge in [-0.1, -0.05) is 27.5 Å². The van der Waals surface area contributed by atoms with Crippen LogP contribution in [0.1, 0.15) is 5.56 Å². The highest BCUT2D eigenvalue weighted by molar-refractivity contribution is 9.10. The van der Waals surface area contributed by atoms with Crippen LogP contribution >= 0.6 is 27.5 Å². The van der Waals surface area contributed by atoms with Gasteiger partial charge in [-0.2, -0.15) is 13.2 Å². The normalized spacial score (nSPS) is 11.3. The van der Waals surface area contributed by atoms with E-state index in [1.54, 1.807) is 18.2 Å². The van der Waals surface area contributed by atoms with Gasteiger partial charge >= 0.3 is 12.2 Å². The zero-order chi connectivity index (χ0) is 19.6. The molecule has 0 aliphatic carbocycles. The van der Waals surface area contributed by atoms with E-state index >= 15 is 0 Å². The van der Waals surface area contributed by atoms with Crippen LogP contribution in [-0.4, -0.2) is 26.7 Å². The maximum absolute atomic E-state index is 12.9. The van der Waals surface area contributed by atoms with Gasteiger partial charge in [0.25, 0.3) is 0 Å². The van der Waals surface area contributed by atoms with Crippen LogP contribution in [0.3, 0.4) is 0 Å². The minimum absolute atomic E-state index is 0.0655. The maximum Gasteiger partial charge on any atom is 0.417 e. The zero-order valence-electron chi connectivity index (χ0n) is 13.1. The van der Waals surface area contributed by atoms with Gasteiger partial charge < -0.3 is 10.6 Å². The first-order valence-electron chi connectivity index (χ1n) is 7.22. The van der Waals surface area contributed by atoms with E-state index in [4.69, 9.17) is 11.6 Å². The first-order chi connectivity index (χ1) is 12.7. The van der Waals surface area contributed by atoms with Crippen LogP contribution in [0, 0.1) is 0 Å². The molecule has 0 aliphatic heterocycles. The number of nitrogens with one attached hydrogen (secondary N) is 3. The number of amides is 2. The summed E-state index contributed by atoms with van der Waals surface area (Å²) in [6.07, 6.45) is -4.64. The number of rotatable bonds is 3. The summed E-state index contributed by atoms with van der Waals surface area (Å²) in [7, 11) is 0. The summed E-state index contributed by atoms with van der Waals surface area (Å²) >= 11 is 8.87. The molecule has 0 radical (unpaired) electrons. The van der Waals surface area contributed by atoms with Gasteiger partial charge in [0.2, 0.25) is 0 Å². The van der Waals surface area contributed by atoms with Crippen molar-refractivity contribution in [2.45, 2.75) is 6.18 Å². The molecule has 0 unspecified atom stereocenters. The van der Waals surface area contributed by atoms with Gasteiger partial charge in [-0.05, 0) is 46.8 Å². The number of benzene rings is 2. The first-order valence-corrected chi connectivity index (χ1v) is 8.39. The predicted molar refractivity (Wildman–Crippen MR) is 96.4 cm³/mol. The summed E-state index contributed by atoms with van der Waals surface area (Å²) in [4.78, 5) is 12.2. The maximum atomic E-state index is 12.9. The number of nitrogens with zero attached hydrogens (tertiary/aromatic N) is 3. The van der Waals surface area contributed by atoms with Crippen molar-refractivity contribution in [2.75, 3.05) is 10.6 Å². The molecule has 0 saturated carbocycles. The van der Waals surface area contributed by atoms with Crippen LogP contribution < -0.4 is 10.6 Å². The third kappa shape index (κ3) is 4.55. The average Bonchev–Trinajstić information content (AvgIpc) is 3.11. The van der Waals surface area contributed by atoms with E-state index in [1.165, 1.54) is 6.07 Å². The second-order valence-electron chi connectivity index (χ2n) is 5.21. The predicted octanol–water partition coefficient (Wildman–Crippen LogP) is 4.95. The Bertz CT molecular complexity index is 980. The minimum Gasteiger partial charge on any atom is -0.308 e. The van der Waals surface area contributed by atoms with Crippen molar-refractivity contribution in [1.29, 1.82) is 0 Å². The SMILES string of the molecule is O=C(Nc1ccc(Cl)c(C(F)(F)F)c1)Nc1ccc(Br)cc1-c1nnn[nH]1. The van der Waals surface area contributed by atoms with Gasteiger partial charge in [-0.15, -0.1) is 5.10 Å². The second-order valence-corrected chi connectivity index (χ2v) is 6.53. The Morgan fingerprint density at radius 2 is 1.93 bits per heavy atom. The van der Waals surface area contributed by atoms with Crippen molar-refractivity contribution in [1.82, 2.24) is 20.6 Å². The fourth-order valence-electron chi connectivity index (χ4n) is 2.20. The molecule has 3 rings (SSSR count). The summed E-state index contributed by atoms with van der Waals surface area (Å²) in [5, 5.41) is 17.7. The number of H-pyrrole nitrogens is 1. The molecule has 27 heavy (non-hydrogen) atoms. The van der Waals surface area contributed by atoms with Crippen LogP contribution in [0.4, 0.5) is 29.3 Å². The number of hydrogen-bond donors (Lipinski definition) is 3. The van der Waals surface area contributed by atoms with Gasteiger partial charge in [0.05, 0.1) is 16.3 Å². The molecule has 1 heterocycles. The number of carbonyl (C=O) groups is 1. The van der Waals surface area contributed by atoms with E-state index in [2.05, 4.69) is 47.2 Å². The Morgan fingerprint density at radius 1 is 1.15 bits per heavy atom. The zero-order valence-corrected chi connectivity index (χ0v) is 15.4. The summed E-state index contributed by atoms with van der Waals surface area (Å²) in [6, 6.07) is 7.26. The Labute approximate surface area is 163 Å². The van der Waals surface area contributed by atoms with Gasteiger partial charge in [-0.25, -0.2) is 9.89 Å². The highest BCUT2D eigenvalue weighted by Crippen LogP contribution is 2.36. The Morgan fingerprint density at radius 3 is 2.59 bits per heavy atom. The average molecular weight is 462 g/mol. The third-order valence-electron chi connectivity index (χ3n) is 3.36. The van der Waals surface area contributed by atoms with Crippen molar-refractivity contribution in [3.63, 3.8) is 0 Å². The molecule has 0 aliphatic rings. The summed E-state index contributed by atoms with van der Waals surface area (Å²) < 4.78 is 39.5. The van der Waals surface area contributed by atoms with Gasteiger partial charge in [0.15, 0.2) is 5.82 Å². The topological polar surface area (TPSA) is 95.6 Å². The standard InChI is InChI=1S/C15H9BrClF3N6O/c16-7-1-4-12(9(5-7)13-23-25-26-24-13)22-14(27)21-8-2-3-11(17)10(6-8)15(18,19)20/h1-6H,(H2,21,22,27)(H,23,24,25,26). The second kappa shape index (κ2) is 7.53. The van der Waals surface area contributed by atoms with E-state index in [-0.39, 0.29) is 5.69 Å². The van der Waals surface area contributed by atoms with Crippen molar-refractivity contribution in [2.24, 2.45) is 0 Å². The molecule has 0 atom stereocenters. The number of hydrogen-bond acceptors (Lipinski definition) is 4. The Kier molecular flexibility index (Phi) is 5.33. The molecule has 0 fully saturated rings. The van der Waals surface area contributed by atoms with Crippen molar-refractivity contribution in [3.05, 3.63) is 51.5 Å². The highest BCUT2D eigenvalue weighted by Gasteiger charge is 2.33. The molecule has 7 nitrogen and oxygen atoms in total. The number of alkyl halides is 3. The van der Waals surface area contributed by atoms with E-state index < -0.39 is 22.8 Å².